The standard InChI is InChI=1S/C13H17BrN2O2/c1-2-12-9(5-6-18-12)13(17)16-11-4-3-8(15)7-10(11)14/h3-4,7,9,12H,2,5-6,15H2,1H3,(H,16,17). The minimum Gasteiger partial charge on any atom is -0.399 e. The van der Waals surface area contributed by atoms with E-state index in [9.17, 15) is 4.79 Å². The highest BCUT2D eigenvalue weighted by Gasteiger charge is 2.32. The second-order valence-electron chi connectivity index (χ2n) is 4.44. The Bertz CT molecular complexity index is 451. The summed E-state index contributed by atoms with van der Waals surface area (Å²) in [5, 5.41) is 2.92. The molecule has 0 aromatic heterocycles. The number of halogens is 1. The molecule has 2 rings (SSSR count). The van der Waals surface area contributed by atoms with Crippen LogP contribution < -0.4 is 11.1 Å². The van der Waals surface area contributed by atoms with Crippen LogP contribution in [0.15, 0.2) is 22.7 Å². The van der Waals surface area contributed by atoms with Gasteiger partial charge in [0.1, 0.15) is 0 Å². The molecule has 0 spiro atoms. The van der Waals surface area contributed by atoms with E-state index in [-0.39, 0.29) is 17.9 Å². The van der Waals surface area contributed by atoms with Gasteiger partial charge in [-0.25, -0.2) is 0 Å². The number of anilines is 2. The molecule has 3 N–H and O–H groups in total. The number of nitrogen functional groups attached to an aromatic ring is 1. The first-order valence-electron chi connectivity index (χ1n) is 6.09. The summed E-state index contributed by atoms with van der Waals surface area (Å²) >= 11 is 3.39. The summed E-state index contributed by atoms with van der Waals surface area (Å²) in [7, 11) is 0. The molecule has 4 nitrogen and oxygen atoms in total. The molecular formula is C13H17BrN2O2. The van der Waals surface area contributed by atoms with Crippen molar-refractivity contribution >= 4 is 33.2 Å². The maximum atomic E-state index is 12.2. The Labute approximate surface area is 115 Å². The van der Waals surface area contributed by atoms with Gasteiger partial charge in [0.25, 0.3) is 0 Å². The zero-order valence-electron chi connectivity index (χ0n) is 10.3. The van der Waals surface area contributed by atoms with Crippen LogP contribution in [0.5, 0.6) is 0 Å². The fourth-order valence-electron chi connectivity index (χ4n) is 2.21. The van der Waals surface area contributed by atoms with E-state index in [4.69, 9.17) is 10.5 Å². The van der Waals surface area contributed by atoms with Gasteiger partial charge in [0.05, 0.1) is 17.7 Å². The molecule has 18 heavy (non-hydrogen) atoms. The number of benzene rings is 1. The van der Waals surface area contributed by atoms with Gasteiger partial charge >= 0.3 is 0 Å². The highest BCUT2D eigenvalue weighted by atomic mass is 79.9. The monoisotopic (exact) mass is 312 g/mol. The van der Waals surface area contributed by atoms with Gasteiger partial charge < -0.3 is 15.8 Å². The molecule has 1 aliphatic rings. The number of hydrogen-bond acceptors (Lipinski definition) is 3. The molecule has 0 bridgehead atoms. The Morgan fingerprint density at radius 2 is 2.39 bits per heavy atom. The molecule has 2 unspecified atom stereocenters. The summed E-state index contributed by atoms with van der Waals surface area (Å²) in [5.41, 5.74) is 7.07. The molecule has 0 radical (unpaired) electrons. The SMILES string of the molecule is CCC1OCCC1C(=O)Nc1ccc(N)cc1Br. The Morgan fingerprint density at radius 3 is 3.06 bits per heavy atom. The molecule has 0 aliphatic carbocycles. The maximum Gasteiger partial charge on any atom is 0.230 e. The van der Waals surface area contributed by atoms with E-state index in [1.54, 1.807) is 18.2 Å². The highest BCUT2D eigenvalue weighted by molar-refractivity contribution is 9.10. The van der Waals surface area contributed by atoms with Gasteiger partial charge in [0, 0.05) is 16.8 Å². The number of carbonyl (C=O) groups is 1. The first-order valence-corrected chi connectivity index (χ1v) is 6.88. The number of amides is 1. The summed E-state index contributed by atoms with van der Waals surface area (Å²) < 4.78 is 6.32. The van der Waals surface area contributed by atoms with Crippen LogP contribution in [0.1, 0.15) is 19.8 Å². The number of nitrogens with one attached hydrogen (secondary N) is 1. The third-order valence-electron chi connectivity index (χ3n) is 3.20. The molecule has 1 heterocycles. The highest BCUT2D eigenvalue weighted by Crippen LogP contribution is 2.28. The number of ether oxygens (including phenoxy) is 1. The normalized spacial score (nSPS) is 23.0. The van der Waals surface area contributed by atoms with E-state index >= 15 is 0 Å². The van der Waals surface area contributed by atoms with Crippen molar-refractivity contribution < 1.29 is 9.53 Å². The zero-order chi connectivity index (χ0) is 13.1. The first kappa shape index (κ1) is 13.4. The summed E-state index contributed by atoms with van der Waals surface area (Å²) in [5.74, 6) is -0.0377. The van der Waals surface area contributed by atoms with Crippen molar-refractivity contribution in [3.05, 3.63) is 22.7 Å². The van der Waals surface area contributed by atoms with Gasteiger partial charge in [-0.2, -0.15) is 0 Å². The molecule has 98 valence electrons. The smallest absolute Gasteiger partial charge is 0.230 e. The van der Waals surface area contributed by atoms with Crippen LogP contribution in [-0.4, -0.2) is 18.6 Å². The van der Waals surface area contributed by atoms with Crippen LogP contribution in [0.4, 0.5) is 11.4 Å². The molecule has 1 aliphatic heterocycles. The first-order chi connectivity index (χ1) is 8.61. The molecule has 2 atom stereocenters. The maximum absolute atomic E-state index is 12.2. The Balaban J connectivity index is 2.07. The van der Waals surface area contributed by atoms with E-state index in [1.807, 2.05) is 6.92 Å². The van der Waals surface area contributed by atoms with Crippen molar-refractivity contribution in [2.45, 2.75) is 25.9 Å². The summed E-state index contributed by atoms with van der Waals surface area (Å²) in [4.78, 5) is 12.2. The molecule has 1 aromatic carbocycles. The van der Waals surface area contributed by atoms with Gasteiger partial charge in [0.2, 0.25) is 5.91 Å². The summed E-state index contributed by atoms with van der Waals surface area (Å²) in [6, 6.07) is 5.34. The van der Waals surface area contributed by atoms with E-state index < -0.39 is 0 Å². The molecule has 0 saturated carbocycles. The van der Waals surface area contributed by atoms with Crippen LogP contribution in [0.3, 0.4) is 0 Å². The molecule has 1 aromatic rings. The van der Waals surface area contributed by atoms with Gasteiger partial charge in [-0.15, -0.1) is 0 Å². The molecular weight excluding hydrogens is 296 g/mol. The van der Waals surface area contributed by atoms with Gasteiger partial charge in [-0.1, -0.05) is 6.92 Å². The summed E-state index contributed by atoms with van der Waals surface area (Å²) in [6.07, 6.45) is 1.69. The second-order valence-corrected chi connectivity index (χ2v) is 5.30. The predicted molar refractivity (Wildman–Crippen MR) is 75.3 cm³/mol. The van der Waals surface area contributed by atoms with Crippen molar-refractivity contribution in [1.82, 2.24) is 0 Å². The fourth-order valence-corrected chi connectivity index (χ4v) is 2.70. The van der Waals surface area contributed by atoms with E-state index in [0.717, 1.165) is 23.0 Å². The second kappa shape index (κ2) is 5.71. The minimum atomic E-state index is -0.0561. The topological polar surface area (TPSA) is 64.3 Å². The van der Waals surface area contributed by atoms with Crippen molar-refractivity contribution in [2.75, 3.05) is 17.7 Å². The quantitative estimate of drug-likeness (QED) is 0.843. The van der Waals surface area contributed by atoms with Gasteiger partial charge in [-0.05, 0) is 47.0 Å². The average Bonchev–Trinajstić information content (AvgIpc) is 2.81. The number of rotatable bonds is 3. The summed E-state index contributed by atoms with van der Waals surface area (Å²) in [6.45, 7) is 2.70. The lowest BCUT2D eigenvalue weighted by molar-refractivity contribution is -0.121. The largest absolute Gasteiger partial charge is 0.399 e. The molecule has 1 amide bonds. The molecule has 5 heteroatoms. The van der Waals surface area contributed by atoms with Gasteiger partial charge in [-0.3, -0.25) is 4.79 Å². The predicted octanol–water partition coefficient (Wildman–Crippen LogP) is 2.78. The Kier molecular flexibility index (Phi) is 4.24. The molecule has 1 saturated heterocycles. The van der Waals surface area contributed by atoms with E-state index in [0.29, 0.717) is 12.3 Å². The van der Waals surface area contributed by atoms with Crippen LogP contribution in [-0.2, 0) is 9.53 Å². The number of hydrogen-bond donors (Lipinski definition) is 2. The van der Waals surface area contributed by atoms with Gasteiger partial charge in [0.15, 0.2) is 0 Å². The van der Waals surface area contributed by atoms with Crippen molar-refractivity contribution in [2.24, 2.45) is 5.92 Å². The minimum absolute atomic E-state index is 0.0184. The fraction of sp³-hybridized carbons (Fsp3) is 0.462. The number of carbonyl (C=O) groups excluding carboxylic acids is 1. The van der Waals surface area contributed by atoms with Crippen LogP contribution >= 0.6 is 15.9 Å². The van der Waals surface area contributed by atoms with Crippen molar-refractivity contribution in [1.29, 1.82) is 0 Å². The van der Waals surface area contributed by atoms with Crippen LogP contribution in [0.25, 0.3) is 0 Å². The number of nitrogens with two attached hydrogens (primary N) is 1. The lowest BCUT2D eigenvalue weighted by atomic mass is 9.98. The third-order valence-corrected chi connectivity index (χ3v) is 3.86. The third kappa shape index (κ3) is 2.84. The van der Waals surface area contributed by atoms with E-state index in [1.165, 1.54) is 0 Å². The van der Waals surface area contributed by atoms with Crippen LogP contribution in [0, 0.1) is 5.92 Å². The lowest BCUT2D eigenvalue weighted by Crippen LogP contribution is -2.29. The van der Waals surface area contributed by atoms with Crippen molar-refractivity contribution in [3.63, 3.8) is 0 Å². The zero-order valence-corrected chi connectivity index (χ0v) is 11.9. The van der Waals surface area contributed by atoms with Crippen LogP contribution in [0.2, 0.25) is 0 Å². The Hall–Kier alpha value is -1.07. The lowest BCUT2D eigenvalue weighted by Gasteiger charge is -2.17. The van der Waals surface area contributed by atoms with E-state index in [2.05, 4.69) is 21.2 Å². The molecule has 1 fully saturated rings. The average molecular weight is 313 g/mol. The van der Waals surface area contributed by atoms with Crippen molar-refractivity contribution in [3.8, 4) is 0 Å². The Morgan fingerprint density at radius 1 is 1.61 bits per heavy atom.